The summed E-state index contributed by atoms with van der Waals surface area (Å²) in [4.78, 5) is 18.1. The second-order valence-electron chi connectivity index (χ2n) is 6.40. The molecule has 1 N–H and O–H groups in total. The first kappa shape index (κ1) is 20.7. The number of carbonyl (C=O) groups is 1. The fourth-order valence-electron chi connectivity index (χ4n) is 2.64. The van der Waals surface area contributed by atoms with Crippen LogP contribution in [0.25, 0.3) is 11.3 Å². The molecule has 0 fully saturated rings. The van der Waals surface area contributed by atoms with Gasteiger partial charge in [-0.3, -0.25) is 0 Å². The van der Waals surface area contributed by atoms with Crippen LogP contribution in [0.2, 0.25) is 0 Å². The van der Waals surface area contributed by atoms with Gasteiger partial charge in [-0.15, -0.1) is 0 Å². The summed E-state index contributed by atoms with van der Waals surface area (Å²) < 4.78 is 29.3. The van der Waals surface area contributed by atoms with Crippen LogP contribution in [-0.4, -0.2) is 44.4 Å². The van der Waals surface area contributed by atoms with Crippen LogP contribution in [0.5, 0.6) is 0 Å². The van der Waals surface area contributed by atoms with E-state index in [4.69, 9.17) is 0 Å². The van der Waals surface area contributed by atoms with E-state index in [0.717, 1.165) is 16.3 Å². The van der Waals surface area contributed by atoms with E-state index in [1.165, 1.54) is 18.3 Å². The van der Waals surface area contributed by atoms with Gasteiger partial charge < -0.3 is 0 Å². The predicted octanol–water partition coefficient (Wildman–Crippen LogP) is 4.29. The van der Waals surface area contributed by atoms with Gasteiger partial charge in [0, 0.05) is 0 Å². The van der Waals surface area contributed by atoms with Gasteiger partial charge in [0.2, 0.25) is 0 Å². The Labute approximate surface area is 174 Å². The number of allylic oxidation sites excluding steroid dienone is 2. The molecule has 3 rings (SSSR count). The summed E-state index contributed by atoms with van der Waals surface area (Å²) in [5.41, 5.74) is 1.90. The maximum absolute atomic E-state index is 14.1. The van der Waals surface area contributed by atoms with Crippen molar-refractivity contribution in [1.29, 1.82) is 0 Å². The number of nitrogens with one attached hydrogen (secondary N) is 1. The standard InChI is InChI=1S/C22H19F2N3OSe/c1-14(15-6-4-5-7-16(15)23)12-19(27(2)3)20-8-9-21(29-20)22(28)26-18-10-11-25-13-17(18)24/h4-13H,1H2,2-3H3,(H,25,26,28)/b19-12-. The van der Waals surface area contributed by atoms with Crippen molar-refractivity contribution in [2.24, 2.45) is 0 Å². The number of carbonyl (C=O) groups excluding carboxylic acids is 1. The molecule has 0 unspecified atom stereocenters. The summed E-state index contributed by atoms with van der Waals surface area (Å²) in [6, 6.07) is 11.5. The van der Waals surface area contributed by atoms with Gasteiger partial charge >= 0.3 is 174 Å². The van der Waals surface area contributed by atoms with Crippen LogP contribution in [0, 0.1) is 11.6 Å². The Bertz CT molecular complexity index is 1090. The first-order valence-electron chi connectivity index (χ1n) is 8.70. The van der Waals surface area contributed by atoms with E-state index < -0.39 is 5.82 Å². The Hall–Kier alpha value is -3.02. The molecule has 0 bridgehead atoms. The van der Waals surface area contributed by atoms with E-state index in [2.05, 4.69) is 16.9 Å². The molecular formula is C22H19F2N3OSe. The van der Waals surface area contributed by atoms with E-state index in [0.29, 0.717) is 15.6 Å². The Morgan fingerprint density at radius 3 is 2.52 bits per heavy atom. The van der Waals surface area contributed by atoms with Gasteiger partial charge in [-0.1, -0.05) is 0 Å². The Morgan fingerprint density at radius 2 is 1.83 bits per heavy atom. The Balaban J connectivity index is 1.86. The summed E-state index contributed by atoms with van der Waals surface area (Å²) in [6.07, 6.45) is 4.27. The molecule has 0 aliphatic carbocycles. The van der Waals surface area contributed by atoms with E-state index in [1.807, 2.05) is 31.1 Å². The number of benzene rings is 1. The van der Waals surface area contributed by atoms with Crippen LogP contribution in [-0.2, 0) is 0 Å². The van der Waals surface area contributed by atoms with Gasteiger partial charge in [0.15, 0.2) is 0 Å². The molecule has 2 heterocycles. The molecule has 0 saturated carbocycles. The van der Waals surface area contributed by atoms with Gasteiger partial charge in [0.25, 0.3) is 0 Å². The number of hydrogen-bond acceptors (Lipinski definition) is 3. The summed E-state index contributed by atoms with van der Waals surface area (Å²) in [5.74, 6) is -1.28. The van der Waals surface area contributed by atoms with Crippen molar-refractivity contribution in [3.05, 3.63) is 93.6 Å². The third-order valence-corrected chi connectivity index (χ3v) is 6.44. The van der Waals surface area contributed by atoms with Crippen LogP contribution in [0.4, 0.5) is 14.5 Å². The molecule has 1 amide bonds. The van der Waals surface area contributed by atoms with Gasteiger partial charge in [0.1, 0.15) is 0 Å². The third kappa shape index (κ3) is 4.88. The van der Waals surface area contributed by atoms with Crippen molar-refractivity contribution in [2.45, 2.75) is 0 Å². The zero-order chi connectivity index (χ0) is 21.0. The second kappa shape index (κ2) is 8.99. The van der Waals surface area contributed by atoms with Crippen LogP contribution in [0.3, 0.4) is 0 Å². The predicted molar refractivity (Wildman–Crippen MR) is 113 cm³/mol. The zero-order valence-electron chi connectivity index (χ0n) is 15.9. The fourth-order valence-corrected chi connectivity index (χ4v) is 4.74. The minimum atomic E-state index is -0.588. The van der Waals surface area contributed by atoms with E-state index in [1.54, 1.807) is 24.3 Å². The topological polar surface area (TPSA) is 45.2 Å². The fraction of sp³-hybridized carbons (Fsp3) is 0.0909. The van der Waals surface area contributed by atoms with E-state index >= 15 is 0 Å². The van der Waals surface area contributed by atoms with Gasteiger partial charge in [0.05, 0.1) is 0 Å². The van der Waals surface area contributed by atoms with Crippen molar-refractivity contribution in [3.63, 3.8) is 0 Å². The van der Waals surface area contributed by atoms with Crippen molar-refractivity contribution < 1.29 is 13.6 Å². The molecule has 7 heteroatoms. The molecule has 29 heavy (non-hydrogen) atoms. The van der Waals surface area contributed by atoms with Crippen LogP contribution in [0.15, 0.2) is 67.5 Å². The van der Waals surface area contributed by atoms with Crippen molar-refractivity contribution in [3.8, 4) is 0 Å². The quantitative estimate of drug-likeness (QED) is 0.443. The van der Waals surface area contributed by atoms with Gasteiger partial charge in [-0.2, -0.15) is 0 Å². The van der Waals surface area contributed by atoms with Crippen molar-refractivity contribution >= 4 is 37.4 Å². The van der Waals surface area contributed by atoms with Gasteiger partial charge in [-0.25, -0.2) is 0 Å². The SMILES string of the molecule is C=C(/C=C(/c1ccc(C(=O)Nc2ccncc2F)[se]1)N(C)C)c1ccccc1F. The molecule has 0 radical (unpaired) electrons. The summed E-state index contributed by atoms with van der Waals surface area (Å²) in [5, 5.41) is 2.57. The monoisotopic (exact) mass is 459 g/mol. The maximum atomic E-state index is 14.1. The molecule has 148 valence electrons. The molecule has 0 spiro atoms. The Kier molecular flexibility index (Phi) is 6.42. The molecule has 0 saturated heterocycles. The third-order valence-electron chi connectivity index (χ3n) is 4.12. The molecule has 3 aromatic rings. The second-order valence-corrected chi connectivity index (χ2v) is 8.68. The normalized spacial score (nSPS) is 11.2. The summed E-state index contributed by atoms with van der Waals surface area (Å²) in [7, 11) is 3.75. The Morgan fingerprint density at radius 1 is 1.10 bits per heavy atom. The molecule has 4 nitrogen and oxygen atoms in total. The molecule has 0 aliphatic heterocycles. The number of nitrogens with zero attached hydrogens (tertiary/aromatic N) is 2. The van der Waals surface area contributed by atoms with E-state index in [-0.39, 0.29) is 31.9 Å². The molecular weight excluding hydrogens is 439 g/mol. The van der Waals surface area contributed by atoms with Gasteiger partial charge in [-0.05, 0) is 0 Å². The number of anilines is 1. The minimum absolute atomic E-state index is 0.0893. The van der Waals surface area contributed by atoms with E-state index in [9.17, 15) is 13.6 Å². The van der Waals surface area contributed by atoms with Crippen LogP contribution >= 0.6 is 0 Å². The summed E-state index contributed by atoms with van der Waals surface area (Å²) in [6.45, 7) is 3.99. The average molecular weight is 458 g/mol. The number of hydrogen-bond donors (Lipinski definition) is 1. The molecule has 0 aliphatic rings. The number of aromatic nitrogens is 1. The number of amides is 1. The zero-order valence-corrected chi connectivity index (χ0v) is 17.7. The van der Waals surface area contributed by atoms with Crippen molar-refractivity contribution in [1.82, 2.24) is 9.88 Å². The molecule has 0 atom stereocenters. The average Bonchev–Trinajstić information content (AvgIpc) is 3.17. The summed E-state index contributed by atoms with van der Waals surface area (Å²) >= 11 is -0.292. The number of halogens is 2. The molecule has 1 aromatic carbocycles. The van der Waals surface area contributed by atoms with Crippen LogP contribution in [0.1, 0.15) is 19.2 Å². The molecule has 2 aromatic heterocycles. The van der Waals surface area contributed by atoms with Crippen molar-refractivity contribution in [2.75, 3.05) is 19.4 Å². The first-order valence-corrected chi connectivity index (χ1v) is 10.4. The van der Waals surface area contributed by atoms with Crippen LogP contribution < -0.4 is 5.32 Å². The number of pyridine rings is 1. The number of rotatable bonds is 6. The first-order chi connectivity index (χ1) is 13.9.